The third-order valence-corrected chi connectivity index (χ3v) is 8.39. The van der Waals surface area contributed by atoms with Crippen molar-refractivity contribution in [1.82, 2.24) is 5.43 Å². The zero-order valence-electron chi connectivity index (χ0n) is 22.1. The van der Waals surface area contributed by atoms with E-state index in [0.717, 1.165) is 0 Å². The number of nitrogens with two attached hydrogens (primary N) is 1. The number of carbonyl (C=O) groups excluding carboxylic acids is 1. The number of carbonyl (C=O) groups is 1. The van der Waals surface area contributed by atoms with Crippen molar-refractivity contribution in [3.63, 3.8) is 0 Å². The highest BCUT2D eigenvalue weighted by molar-refractivity contribution is 7.91. The van der Waals surface area contributed by atoms with Crippen LogP contribution >= 0.6 is 0 Å². The molecule has 4 rings (SSSR count). The molecule has 0 bridgehead atoms. The van der Waals surface area contributed by atoms with E-state index in [2.05, 4.69) is 15.5 Å². The molecular weight excluding hydrogens is 548 g/mol. The van der Waals surface area contributed by atoms with Crippen LogP contribution in [0.15, 0.2) is 93.9 Å². The third-order valence-electron chi connectivity index (χ3n) is 6.66. The molecule has 3 aromatic rings. The largest absolute Gasteiger partial charge is 0.494 e. The highest BCUT2D eigenvalue weighted by atomic mass is 32.2. The Kier molecular flexibility index (Phi) is 9.58. The van der Waals surface area contributed by atoms with Crippen LogP contribution in [0.2, 0.25) is 0 Å². The molecule has 4 N–H and O–H groups in total. The number of benzene rings is 3. The second kappa shape index (κ2) is 13.3. The summed E-state index contributed by atoms with van der Waals surface area (Å²) < 4.78 is 38.4. The van der Waals surface area contributed by atoms with E-state index in [1.165, 1.54) is 12.1 Å². The number of hydrogen-bond acceptors (Lipinski definition) is 9. The van der Waals surface area contributed by atoms with E-state index < -0.39 is 33.1 Å². The van der Waals surface area contributed by atoms with Gasteiger partial charge in [0.2, 0.25) is 5.90 Å². The SMILES string of the molecule is [N-]=[N+]=NCc1ccccc1[C@@H]1OC(c2ccc(OCCCO)cc2)=N[C@]1(CCS(=O)(=O)c1ccccc1)C(=O)NN. The summed E-state index contributed by atoms with van der Waals surface area (Å²) in [6.07, 6.45) is -0.853. The van der Waals surface area contributed by atoms with Gasteiger partial charge < -0.3 is 14.6 Å². The van der Waals surface area contributed by atoms with E-state index in [0.29, 0.717) is 35.5 Å². The molecule has 3 aromatic carbocycles. The van der Waals surface area contributed by atoms with Crippen molar-refractivity contribution in [3.05, 3.63) is 106 Å². The lowest BCUT2D eigenvalue weighted by molar-refractivity contribution is -0.129. The van der Waals surface area contributed by atoms with Crippen molar-refractivity contribution < 1.29 is 27.8 Å². The highest BCUT2D eigenvalue weighted by Gasteiger charge is 2.54. The minimum absolute atomic E-state index is 0.0105. The van der Waals surface area contributed by atoms with E-state index in [9.17, 15) is 13.2 Å². The Morgan fingerprint density at radius 1 is 1.12 bits per heavy atom. The number of aliphatic hydroxyl groups excluding tert-OH is 1. The van der Waals surface area contributed by atoms with Gasteiger partial charge in [0.25, 0.3) is 5.91 Å². The Hall–Kier alpha value is -4.42. The van der Waals surface area contributed by atoms with Crippen LogP contribution in [0, 0.1) is 0 Å². The van der Waals surface area contributed by atoms with E-state index in [-0.39, 0.29) is 30.4 Å². The van der Waals surface area contributed by atoms with Crippen LogP contribution in [-0.2, 0) is 25.9 Å². The normalized spacial score (nSPS) is 18.1. The molecule has 0 saturated carbocycles. The van der Waals surface area contributed by atoms with Gasteiger partial charge in [-0.05, 0) is 53.1 Å². The predicted octanol–water partition coefficient (Wildman–Crippen LogP) is 3.37. The van der Waals surface area contributed by atoms with Gasteiger partial charge in [-0.3, -0.25) is 10.2 Å². The molecule has 0 saturated heterocycles. The molecule has 12 nitrogen and oxygen atoms in total. The first-order chi connectivity index (χ1) is 19.8. The lowest BCUT2D eigenvalue weighted by Crippen LogP contribution is -2.51. The number of amides is 1. The summed E-state index contributed by atoms with van der Waals surface area (Å²) in [5, 5.41) is 12.6. The maximum Gasteiger partial charge on any atom is 0.266 e. The average molecular weight is 579 g/mol. The fourth-order valence-electron chi connectivity index (χ4n) is 4.55. The third kappa shape index (κ3) is 6.67. The van der Waals surface area contributed by atoms with Crippen LogP contribution in [0.5, 0.6) is 5.75 Å². The molecule has 0 aromatic heterocycles. The number of hydrazine groups is 1. The molecule has 1 amide bonds. The van der Waals surface area contributed by atoms with Gasteiger partial charge in [0.1, 0.15) is 5.75 Å². The second-order valence-electron chi connectivity index (χ2n) is 9.23. The molecule has 214 valence electrons. The number of azide groups is 1. The summed E-state index contributed by atoms with van der Waals surface area (Å²) in [5.74, 6) is 5.16. The minimum Gasteiger partial charge on any atom is -0.494 e. The topological polar surface area (TPSA) is 189 Å². The number of rotatable bonds is 13. The fraction of sp³-hybridized carbons (Fsp3) is 0.286. The van der Waals surface area contributed by atoms with Gasteiger partial charge in [0, 0.05) is 29.9 Å². The first-order valence-electron chi connectivity index (χ1n) is 12.8. The Balaban J connectivity index is 1.78. The summed E-state index contributed by atoms with van der Waals surface area (Å²) in [7, 11) is -3.80. The lowest BCUT2D eigenvalue weighted by Gasteiger charge is -2.30. The predicted molar refractivity (Wildman–Crippen MR) is 151 cm³/mol. The maximum atomic E-state index is 13.5. The Labute approximate surface area is 237 Å². The molecule has 2 atom stereocenters. The Morgan fingerprint density at radius 3 is 2.51 bits per heavy atom. The molecule has 0 unspecified atom stereocenters. The molecule has 0 radical (unpaired) electrons. The van der Waals surface area contributed by atoms with Gasteiger partial charge in [-0.2, -0.15) is 0 Å². The number of nitrogens with zero attached hydrogens (tertiary/aromatic N) is 4. The van der Waals surface area contributed by atoms with Gasteiger partial charge in [-0.25, -0.2) is 19.3 Å². The van der Waals surface area contributed by atoms with Gasteiger partial charge in [0.05, 0.1) is 23.8 Å². The number of aliphatic hydroxyl groups is 1. The van der Waals surface area contributed by atoms with Crippen molar-refractivity contribution in [2.75, 3.05) is 19.0 Å². The highest BCUT2D eigenvalue weighted by Crippen LogP contribution is 2.44. The Bertz CT molecular complexity index is 1540. The van der Waals surface area contributed by atoms with Crippen molar-refractivity contribution in [1.29, 1.82) is 0 Å². The first kappa shape index (κ1) is 29.6. The molecule has 0 aliphatic carbocycles. The summed E-state index contributed by atoms with van der Waals surface area (Å²) in [6.45, 7) is 0.327. The zero-order valence-corrected chi connectivity index (χ0v) is 22.9. The number of hydrogen-bond donors (Lipinski definition) is 3. The molecule has 1 aliphatic rings. The summed E-state index contributed by atoms with van der Waals surface area (Å²) >= 11 is 0. The molecular formula is C28H30N6O6S. The first-order valence-corrected chi connectivity index (χ1v) is 14.5. The average Bonchev–Trinajstić information content (AvgIpc) is 3.40. The Morgan fingerprint density at radius 2 is 1.83 bits per heavy atom. The summed E-state index contributed by atoms with van der Waals surface area (Å²) in [5.41, 5.74) is 10.9. The minimum atomic E-state index is -3.80. The molecule has 1 aliphatic heterocycles. The van der Waals surface area contributed by atoms with E-state index in [1.54, 1.807) is 66.7 Å². The van der Waals surface area contributed by atoms with E-state index in [4.69, 9.17) is 30.9 Å². The molecule has 0 fully saturated rings. The second-order valence-corrected chi connectivity index (χ2v) is 11.3. The van der Waals surface area contributed by atoms with Crippen molar-refractivity contribution in [2.45, 2.75) is 35.9 Å². The van der Waals surface area contributed by atoms with Crippen molar-refractivity contribution in [3.8, 4) is 5.75 Å². The smallest absolute Gasteiger partial charge is 0.266 e. The number of nitrogens with one attached hydrogen (secondary N) is 1. The quantitative estimate of drug-likeness (QED) is 0.0527. The van der Waals surface area contributed by atoms with Crippen LogP contribution in [0.1, 0.15) is 35.6 Å². The summed E-state index contributed by atoms with van der Waals surface area (Å²) in [4.78, 5) is 21.2. The van der Waals surface area contributed by atoms with E-state index >= 15 is 0 Å². The van der Waals surface area contributed by atoms with Gasteiger partial charge in [-0.1, -0.05) is 47.6 Å². The number of sulfone groups is 1. The summed E-state index contributed by atoms with van der Waals surface area (Å²) in [6, 6.07) is 21.7. The molecule has 41 heavy (non-hydrogen) atoms. The van der Waals surface area contributed by atoms with Crippen molar-refractivity contribution in [2.24, 2.45) is 15.9 Å². The van der Waals surface area contributed by atoms with Gasteiger partial charge in [0.15, 0.2) is 21.5 Å². The van der Waals surface area contributed by atoms with Gasteiger partial charge in [-0.15, -0.1) is 0 Å². The van der Waals surface area contributed by atoms with Gasteiger partial charge >= 0.3 is 0 Å². The van der Waals surface area contributed by atoms with Crippen LogP contribution < -0.4 is 16.0 Å². The van der Waals surface area contributed by atoms with Crippen LogP contribution in [0.25, 0.3) is 10.4 Å². The monoisotopic (exact) mass is 578 g/mol. The van der Waals surface area contributed by atoms with Crippen LogP contribution in [0.3, 0.4) is 0 Å². The fourth-order valence-corrected chi connectivity index (χ4v) is 5.94. The molecule has 0 spiro atoms. The zero-order chi connectivity index (χ0) is 29.3. The standard InChI is InChI=1S/C28H30N6O6S/c29-33-27(36)28(15-18-41(37,38)23-8-2-1-3-9-23)25(24-10-5-4-7-21(24)19-31-34-30)40-26(32-28)20-11-13-22(14-12-20)39-17-6-16-35/h1-5,7-14,25,35H,6,15-19,29H2,(H,33,36)/t25-,28-/m0/s1. The molecule has 1 heterocycles. The maximum absolute atomic E-state index is 13.5. The van der Waals surface area contributed by atoms with Crippen LogP contribution in [-0.4, -0.2) is 49.8 Å². The number of ether oxygens (including phenoxy) is 2. The lowest BCUT2D eigenvalue weighted by atomic mass is 9.83. The van der Waals surface area contributed by atoms with Crippen LogP contribution in [0.4, 0.5) is 0 Å². The number of aliphatic imine (C=N–C) groups is 1. The van der Waals surface area contributed by atoms with Crippen molar-refractivity contribution >= 4 is 21.6 Å². The molecule has 13 heteroatoms. The van der Waals surface area contributed by atoms with E-state index in [1.807, 2.05) is 0 Å².